The first kappa shape index (κ1) is 14.5. The molecule has 5 heteroatoms. The van der Waals surface area contributed by atoms with E-state index in [1.807, 2.05) is 0 Å². The summed E-state index contributed by atoms with van der Waals surface area (Å²) in [4.78, 5) is 0. The molecule has 2 N–H and O–H groups in total. The quantitative estimate of drug-likeness (QED) is 0.856. The van der Waals surface area contributed by atoms with Gasteiger partial charge in [0.25, 0.3) is 0 Å². The lowest BCUT2D eigenvalue weighted by molar-refractivity contribution is 0.569. The summed E-state index contributed by atoms with van der Waals surface area (Å²) >= 11 is 0. The molecule has 20 heavy (non-hydrogen) atoms. The first-order valence-electron chi connectivity index (χ1n) is 6.08. The first-order chi connectivity index (χ1) is 9.42. The van der Waals surface area contributed by atoms with Gasteiger partial charge in [-0.25, -0.2) is 17.6 Å². The SMILES string of the molecule is NC(Cc1cc(F)cc(F)c1)Cc1cc(F)cc(F)c1. The molecular formula is C15H13F4N. The van der Waals surface area contributed by atoms with E-state index in [-0.39, 0.29) is 12.8 Å². The summed E-state index contributed by atoms with van der Waals surface area (Å²) in [6, 6.07) is 5.82. The van der Waals surface area contributed by atoms with Crippen LogP contribution in [0.3, 0.4) is 0 Å². The number of benzene rings is 2. The van der Waals surface area contributed by atoms with Crippen molar-refractivity contribution < 1.29 is 17.6 Å². The molecule has 0 spiro atoms. The van der Waals surface area contributed by atoms with Crippen LogP contribution >= 0.6 is 0 Å². The van der Waals surface area contributed by atoms with E-state index in [4.69, 9.17) is 5.73 Å². The van der Waals surface area contributed by atoms with E-state index in [2.05, 4.69) is 0 Å². The Bertz CT molecular complexity index is 519. The molecule has 106 valence electrons. The van der Waals surface area contributed by atoms with Crippen molar-refractivity contribution in [3.05, 3.63) is 70.8 Å². The first-order valence-corrected chi connectivity index (χ1v) is 6.08. The summed E-state index contributed by atoms with van der Waals surface area (Å²) in [5.74, 6) is -2.71. The largest absolute Gasteiger partial charge is 0.327 e. The smallest absolute Gasteiger partial charge is 0.126 e. The molecule has 0 aliphatic heterocycles. The van der Waals surface area contributed by atoms with Gasteiger partial charge in [0.05, 0.1) is 0 Å². The third kappa shape index (κ3) is 4.06. The highest BCUT2D eigenvalue weighted by molar-refractivity contribution is 5.22. The van der Waals surface area contributed by atoms with E-state index in [9.17, 15) is 17.6 Å². The summed E-state index contributed by atoms with van der Waals surface area (Å²) < 4.78 is 52.1. The lowest BCUT2D eigenvalue weighted by atomic mass is 9.99. The van der Waals surface area contributed by atoms with Crippen molar-refractivity contribution in [2.75, 3.05) is 0 Å². The van der Waals surface area contributed by atoms with Gasteiger partial charge in [0.1, 0.15) is 23.3 Å². The van der Waals surface area contributed by atoms with Crippen molar-refractivity contribution in [1.82, 2.24) is 0 Å². The van der Waals surface area contributed by atoms with Gasteiger partial charge in [-0.05, 0) is 48.2 Å². The highest BCUT2D eigenvalue weighted by atomic mass is 19.1. The average molecular weight is 283 g/mol. The number of rotatable bonds is 4. The summed E-state index contributed by atoms with van der Waals surface area (Å²) in [6.07, 6.45) is 0.430. The van der Waals surface area contributed by atoms with E-state index < -0.39 is 29.3 Å². The zero-order valence-corrected chi connectivity index (χ0v) is 10.5. The second-order valence-electron chi connectivity index (χ2n) is 4.72. The Morgan fingerprint density at radius 3 is 1.25 bits per heavy atom. The van der Waals surface area contributed by atoms with Crippen LogP contribution in [0.2, 0.25) is 0 Å². The summed E-state index contributed by atoms with van der Waals surface area (Å²) in [6.45, 7) is 0. The molecule has 0 fully saturated rings. The molecule has 0 bridgehead atoms. The molecule has 0 radical (unpaired) electrons. The van der Waals surface area contributed by atoms with Crippen LogP contribution in [0.1, 0.15) is 11.1 Å². The van der Waals surface area contributed by atoms with Crippen LogP contribution in [0.15, 0.2) is 36.4 Å². The van der Waals surface area contributed by atoms with Gasteiger partial charge in [0.15, 0.2) is 0 Å². The van der Waals surface area contributed by atoms with Crippen LogP contribution in [-0.4, -0.2) is 6.04 Å². The fourth-order valence-corrected chi connectivity index (χ4v) is 2.14. The molecule has 0 unspecified atom stereocenters. The highest BCUT2D eigenvalue weighted by Crippen LogP contribution is 2.13. The van der Waals surface area contributed by atoms with E-state index in [1.54, 1.807) is 0 Å². The summed E-state index contributed by atoms with van der Waals surface area (Å²) in [5, 5.41) is 0. The number of halogens is 4. The van der Waals surface area contributed by atoms with E-state index in [0.717, 1.165) is 12.1 Å². The molecule has 0 aliphatic carbocycles. The van der Waals surface area contributed by atoms with Crippen molar-refractivity contribution in [2.24, 2.45) is 5.73 Å². The Morgan fingerprint density at radius 2 is 0.950 bits per heavy atom. The topological polar surface area (TPSA) is 26.0 Å². The minimum Gasteiger partial charge on any atom is -0.327 e. The maximum absolute atomic E-state index is 13.0. The monoisotopic (exact) mass is 283 g/mol. The zero-order chi connectivity index (χ0) is 14.7. The van der Waals surface area contributed by atoms with Gasteiger partial charge in [0, 0.05) is 18.2 Å². The number of hydrogen-bond donors (Lipinski definition) is 1. The van der Waals surface area contributed by atoms with Gasteiger partial charge in [-0.15, -0.1) is 0 Å². The van der Waals surface area contributed by atoms with Gasteiger partial charge in [-0.3, -0.25) is 0 Å². The molecule has 0 aliphatic rings. The molecule has 0 atom stereocenters. The molecule has 0 aromatic heterocycles. The highest BCUT2D eigenvalue weighted by Gasteiger charge is 2.09. The molecule has 1 nitrogen and oxygen atoms in total. The fourth-order valence-electron chi connectivity index (χ4n) is 2.14. The van der Waals surface area contributed by atoms with Crippen LogP contribution in [0.4, 0.5) is 17.6 Å². The number of hydrogen-bond acceptors (Lipinski definition) is 1. The second-order valence-corrected chi connectivity index (χ2v) is 4.72. The lowest BCUT2D eigenvalue weighted by Gasteiger charge is -2.12. The van der Waals surface area contributed by atoms with Gasteiger partial charge in [-0.2, -0.15) is 0 Å². The van der Waals surface area contributed by atoms with Crippen LogP contribution < -0.4 is 5.73 Å². The fraction of sp³-hybridized carbons (Fsp3) is 0.200. The Hall–Kier alpha value is -1.88. The molecule has 0 saturated heterocycles. The standard InChI is InChI=1S/C15H13F4N/c16-11-1-9(2-12(17)7-11)5-15(20)6-10-3-13(18)8-14(19)4-10/h1-4,7-8,15H,5-6,20H2. The minimum atomic E-state index is -0.677. The van der Waals surface area contributed by atoms with Crippen molar-refractivity contribution in [2.45, 2.75) is 18.9 Å². The number of nitrogens with two attached hydrogens (primary N) is 1. The van der Waals surface area contributed by atoms with Crippen molar-refractivity contribution in [3.63, 3.8) is 0 Å². The Labute approximate surface area is 114 Å². The Balaban J connectivity index is 2.06. The average Bonchev–Trinajstić information content (AvgIpc) is 2.24. The summed E-state index contributed by atoms with van der Waals surface area (Å²) in [7, 11) is 0. The molecule has 0 amide bonds. The van der Waals surface area contributed by atoms with Crippen LogP contribution in [0.25, 0.3) is 0 Å². The van der Waals surface area contributed by atoms with Crippen LogP contribution in [-0.2, 0) is 12.8 Å². The Morgan fingerprint density at radius 1 is 0.650 bits per heavy atom. The van der Waals surface area contributed by atoms with Gasteiger partial charge >= 0.3 is 0 Å². The minimum absolute atomic E-state index is 0.215. The second kappa shape index (κ2) is 6.05. The third-order valence-corrected chi connectivity index (χ3v) is 2.84. The molecule has 0 heterocycles. The van der Waals surface area contributed by atoms with E-state index >= 15 is 0 Å². The predicted octanol–water partition coefficient (Wildman–Crippen LogP) is 3.36. The normalized spacial score (nSPS) is 11.1. The van der Waals surface area contributed by atoms with E-state index in [0.29, 0.717) is 11.1 Å². The molecule has 2 aromatic carbocycles. The van der Waals surface area contributed by atoms with Gasteiger partial charge < -0.3 is 5.73 Å². The maximum Gasteiger partial charge on any atom is 0.126 e. The molecule has 2 rings (SSSR count). The van der Waals surface area contributed by atoms with Gasteiger partial charge in [-0.1, -0.05) is 0 Å². The molecule has 0 saturated carbocycles. The van der Waals surface area contributed by atoms with Crippen molar-refractivity contribution >= 4 is 0 Å². The van der Waals surface area contributed by atoms with Crippen LogP contribution in [0.5, 0.6) is 0 Å². The van der Waals surface area contributed by atoms with Crippen molar-refractivity contribution in [3.8, 4) is 0 Å². The van der Waals surface area contributed by atoms with E-state index in [1.165, 1.54) is 24.3 Å². The predicted molar refractivity (Wildman–Crippen MR) is 68.1 cm³/mol. The third-order valence-electron chi connectivity index (χ3n) is 2.84. The zero-order valence-electron chi connectivity index (χ0n) is 10.5. The Kier molecular flexibility index (Phi) is 4.39. The lowest BCUT2D eigenvalue weighted by Crippen LogP contribution is -2.25. The maximum atomic E-state index is 13.0. The van der Waals surface area contributed by atoms with Crippen molar-refractivity contribution in [1.29, 1.82) is 0 Å². The van der Waals surface area contributed by atoms with Crippen LogP contribution in [0, 0.1) is 23.3 Å². The molecule has 2 aromatic rings. The summed E-state index contributed by atoms with van der Waals surface area (Å²) in [5.41, 5.74) is 6.67. The molecular weight excluding hydrogens is 270 g/mol. The van der Waals surface area contributed by atoms with Gasteiger partial charge in [0.2, 0.25) is 0 Å².